The van der Waals surface area contributed by atoms with Crippen LogP contribution >= 0.6 is 0 Å². The van der Waals surface area contributed by atoms with Crippen LogP contribution in [-0.2, 0) is 13.0 Å². The van der Waals surface area contributed by atoms with Gasteiger partial charge in [0.25, 0.3) is 0 Å². The molecular formula is C16H20FN3O. The number of benzene rings is 1. The average molecular weight is 289 g/mol. The summed E-state index contributed by atoms with van der Waals surface area (Å²) in [5.41, 5.74) is 0.594. The van der Waals surface area contributed by atoms with E-state index >= 15 is 0 Å². The van der Waals surface area contributed by atoms with E-state index in [1.807, 2.05) is 6.07 Å². The van der Waals surface area contributed by atoms with Crippen molar-refractivity contribution in [1.29, 1.82) is 0 Å². The molecule has 0 saturated carbocycles. The first kappa shape index (κ1) is 14.2. The van der Waals surface area contributed by atoms with Gasteiger partial charge in [-0.05, 0) is 37.9 Å². The molecule has 21 heavy (non-hydrogen) atoms. The van der Waals surface area contributed by atoms with Crippen LogP contribution in [0.1, 0.15) is 43.5 Å². The summed E-state index contributed by atoms with van der Waals surface area (Å²) in [6, 6.07) is 7.25. The quantitative estimate of drug-likeness (QED) is 0.867. The van der Waals surface area contributed by atoms with Gasteiger partial charge >= 0.3 is 0 Å². The van der Waals surface area contributed by atoms with Crippen LogP contribution in [0, 0.1) is 5.82 Å². The molecule has 112 valence electrons. The normalized spacial score (nSPS) is 19.8. The number of rotatable bonds is 4. The van der Waals surface area contributed by atoms with Crippen LogP contribution in [0.4, 0.5) is 4.39 Å². The molecule has 1 atom stereocenters. The van der Waals surface area contributed by atoms with Crippen molar-refractivity contribution in [3.05, 3.63) is 47.4 Å². The Kier molecular flexibility index (Phi) is 4.29. The number of likely N-dealkylation sites (tertiary alicyclic amines) is 1. The Hall–Kier alpha value is -1.75. The minimum atomic E-state index is -0.228. The van der Waals surface area contributed by atoms with Gasteiger partial charge in [0.15, 0.2) is 5.82 Å². The van der Waals surface area contributed by atoms with Gasteiger partial charge in [0.05, 0.1) is 6.54 Å². The fourth-order valence-corrected chi connectivity index (χ4v) is 2.80. The van der Waals surface area contributed by atoms with E-state index in [1.165, 1.54) is 25.3 Å². The molecule has 0 N–H and O–H groups in total. The molecule has 0 amide bonds. The minimum Gasteiger partial charge on any atom is -0.338 e. The predicted octanol–water partition coefficient (Wildman–Crippen LogP) is 3.17. The number of hydrogen-bond donors (Lipinski definition) is 0. The SMILES string of the molecule is CC1CCCCN1Cc1nc(Cc2ccccc2F)no1. The van der Waals surface area contributed by atoms with Crippen molar-refractivity contribution in [3.63, 3.8) is 0 Å². The zero-order valence-electron chi connectivity index (χ0n) is 12.3. The third-order valence-corrected chi connectivity index (χ3v) is 4.10. The Morgan fingerprint density at radius 1 is 1.33 bits per heavy atom. The van der Waals surface area contributed by atoms with E-state index in [-0.39, 0.29) is 5.82 Å². The first-order valence-corrected chi connectivity index (χ1v) is 7.51. The molecule has 1 fully saturated rings. The van der Waals surface area contributed by atoms with E-state index in [0.717, 1.165) is 6.54 Å². The number of piperidine rings is 1. The van der Waals surface area contributed by atoms with Crippen molar-refractivity contribution in [2.24, 2.45) is 0 Å². The van der Waals surface area contributed by atoms with Gasteiger partial charge < -0.3 is 4.52 Å². The lowest BCUT2D eigenvalue weighted by Gasteiger charge is -2.31. The fourth-order valence-electron chi connectivity index (χ4n) is 2.80. The standard InChI is InChI=1S/C16H20FN3O/c1-12-6-4-5-9-20(12)11-16-18-15(19-21-16)10-13-7-2-3-8-14(13)17/h2-3,7-8,12H,4-6,9-11H2,1H3. The Bertz CT molecular complexity index is 599. The van der Waals surface area contributed by atoms with Gasteiger partial charge in [-0.25, -0.2) is 4.39 Å². The Morgan fingerprint density at radius 3 is 3.00 bits per heavy atom. The Morgan fingerprint density at radius 2 is 2.19 bits per heavy atom. The fraction of sp³-hybridized carbons (Fsp3) is 0.500. The van der Waals surface area contributed by atoms with E-state index < -0.39 is 0 Å². The van der Waals surface area contributed by atoms with Crippen molar-refractivity contribution in [1.82, 2.24) is 15.0 Å². The summed E-state index contributed by atoms with van der Waals surface area (Å²) >= 11 is 0. The molecule has 1 aliphatic rings. The molecule has 1 saturated heterocycles. The summed E-state index contributed by atoms with van der Waals surface area (Å²) in [6.45, 7) is 3.99. The summed E-state index contributed by atoms with van der Waals surface area (Å²) < 4.78 is 18.9. The Labute approximate surface area is 124 Å². The summed E-state index contributed by atoms with van der Waals surface area (Å²) in [6.07, 6.45) is 4.10. The molecular weight excluding hydrogens is 269 g/mol. The number of aromatic nitrogens is 2. The highest BCUT2D eigenvalue weighted by Crippen LogP contribution is 2.19. The monoisotopic (exact) mass is 289 g/mol. The van der Waals surface area contributed by atoms with Crippen molar-refractivity contribution >= 4 is 0 Å². The third kappa shape index (κ3) is 3.47. The molecule has 1 aliphatic heterocycles. The molecule has 0 bridgehead atoms. The van der Waals surface area contributed by atoms with Crippen LogP contribution in [0.15, 0.2) is 28.8 Å². The largest absolute Gasteiger partial charge is 0.338 e. The van der Waals surface area contributed by atoms with E-state index in [2.05, 4.69) is 22.0 Å². The highest BCUT2D eigenvalue weighted by molar-refractivity contribution is 5.20. The maximum absolute atomic E-state index is 13.6. The highest BCUT2D eigenvalue weighted by Gasteiger charge is 2.20. The molecule has 1 aromatic heterocycles. The van der Waals surface area contributed by atoms with Crippen LogP contribution in [0.25, 0.3) is 0 Å². The van der Waals surface area contributed by atoms with E-state index in [9.17, 15) is 4.39 Å². The van der Waals surface area contributed by atoms with E-state index in [1.54, 1.807) is 12.1 Å². The predicted molar refractivity (Wildman–Crippen MR) is 77.2 cm³/mol. The molecule has 2 heterocycles. The molecule has 1 unspecified atom stereocenters. The number of nitrogens with zero attached hydrogens (tertiary/aromatic N) is 3. The van der Waals surface area contributed by atoms with Gasteiger partial charge in [-0.1, -0.05) is 29.8 Å². The van der Waals surface area contributed by atoms with Crippen molar-refractivity contribution < 1.29 is 8.91 Å². The smallest absolute Gasteiger partial charge is 0.240 e. The van der Waals surface area contributed by atoms with E-state index in [0.29, 0.717) is 36.3 Å². The van der Waals surface area contributed by atoms with Gasteiger partial charge in [-0.15, -0.1) is 0 Å². The third-order valence-electron chi connectivity index (χ3n) is 4.10. The first-order valence-electron chi connectivity index (χ1n) is 7.51. The summed E-state index contributed by atoms with van der Waals surface area (Å²) in [4.78, 5) is 6.75. The number of halogens is 1. The maximum Gasteiger partial charge on any atom is 0.240 e. The van der Waals surface area contributed by atoms with Crippen molar-refractivity contribution in [3.8, 4) is 0 Å². The summed E-state index contributed by atoms with van der Waals surface area (Å²) in [5, 5.41) is 3.96. The van der Waals surface area contributed by atoms with Crippen LogP contribution < -0.4 is 0 Å². The second-order valence-corrected chi connectivity index (χ2v) is 5.69. The first-order chi connectivity index (χ1) is 10.2. The van der Waals surface area contributed by atoms with Crippen molar-refractivity contribution in [2.75, 3.05) is 6.54 Å². The number of hydrogen-bond acceptors (Lipinski definition) is 4. The molecule has 3 rings (SSSR count). The summed E-state index contributed by atoms with van der Waals surface area (Å²) in [5.74, 6) is 0.934. The maximum atomic E-state index is 13.6. The van der Waals surface area contributed by atoms with Gasteiger partial charge in [-0.3, -0.25) is 4.90 Å². The second-order valence-electron chi connectivity index (χ2n) is 5.69. The van der Waals surface area contributed by atoms with Gasteiger partial charge in [-0.2, -0.15) is 4.98 Å². The van der Waals surface area contributed by atoms with Crippen LogP contribution in [0.5, 0.6) is 0 Å². The molecule has 1 aromatic carbocycles. The average Bonchev–Trinajstić information content (AvgIpc) is 2.91. The molecule has 4 nitrogen and oxygen atoms in total. The van der Waals surface area contributed by atoms with Gasteiger partial charge in [0, 0.05) is 12.5 Å². The Balaban J connectivity index is 1.65. The summed E-state index contributed by atoms with van der Waals surface area (Å²) in [7, 11) is 0. The lowest BCUT2D eigenvalue weighted by Crippen LogP contribution is -2.36. The van der Waals surface area contributed by atoms with Crippen LogP contribution in [0.3, 0.4) is 0 Å². The molecule has 2 aromatic rings. The zero-order valence-corrected chi connectivity index (χ0v) is 12.3. The molecule has 0 aliphatic carbocycles. The molecule has 5 heteroatoms. The molecule has 0 spiro atoms. The van der Waals surface area contributed by atoms with E-state index in [4.69, 9.17) is 4.52 Å². The highest BCUT2D eigenvalue weighted by atomic mass is 19.1. The molecule has 0 radical (unpaired) electrons. The minimum absolute atomic E-state index is 0.228. The van der Waals surface area contributed by atoms with Crippen molar-refractivity contribution in [2.45, 2.75) is 45.2 Å². The topological polar surface area (TPSA) is 42.2 Å². The van der Waals surface area contributed by atoms with Crippen LogP contribution in [-0.4, -0.2) is 27.6 Å². The lowest BCUT2D eigenvalue weighted by atomic mass is 10.0. The lowest BCUT2D eigenvalue weighted by molar-refractivity contribution is 0.135. The zero-order chi connectivity index (χ0) is 14.7. The van der Waals surface area contributed by atoms with Gasteiger partial charge in [0.2, 0.25) is 5.89 Å². The van der Waals surface area contributed by atoms with Gasteiger partial charge in [0.1, 0.15) is 5.82 Å². The van der Waals surface area contributed by atoms with Crippen LogP contribution in [0.2, 0.25) is 0 Å². The second kappa shape index (κ2) is 6.35.